The van der Waals surface area contributed by atoms with Gasteiger partial charge < -0.3 is 4.74 Å². The fourth-order valence-electron chi connectivity index (χ4n) is 2.46. The van der Waals surface area contributed by atoms with E-state index in [-0.39, 0.29) is 5.41 Å². The van der Waals surface area contributed by atoms with Crippen LogP contribution in [-0.4, -0.2) is 7.11 Å². The molecule has 21 heavy (non-hydrogen) atoms. The minimum atomic E-state index is 0.0878. The first kappa shape index (κ1) is 15.4. The van der Waals surface area contributed by atoms with Crippen LogP contribution in [-0.2, 0) is 11.8 Å². The zero-order valence-electron chi connectivity index (χ0n) is 13.4. The van der Waals surface area contributed by atoms with Gasteiger partial charge in [0.2, 0.25) is 0 Å². The number of hydrogen-bond acceptors (Lipinski definition) is 1. The van der Waals surface area contributed by atoms with Crippen LogP contribution in [0.1, 0.15) is 37.5 Å². The summed E-state index contributed by atoms with van der Waals surface area (Å²) in [6.07, 6.45) is 5.23. The van der Waals surface area contributed by atoms with Gasteiger partial charge >= 0.3 is 0 Å². The van der Waals surface area contributed by atoms with Crippen LogP contribution in [0.2, 0.25) is 0 Å². The third-order valence-corrected chi connectivity index (χ3v) is 3.56. The van der Waals surface area contributed by atoms with Gasteiger partial charge in [-0.3, -0.25) is 0 Å². The van der Waals surface area contributed by atoms with Crippen molar-refractivity contribution < 1.29 is 4.74 Å². The molecule has 0 aliphatic rings. The monoisotopic (exact) mass is 280 g/mol. The summed E-state index contributed by atoms with van der Waals surface area (Å²) in [4.78, 5) is 0. The van der Waals surface area contributed by atoms with Crippen LogP contribution in [0.3, 0.4) is 0 Å². The highest BCUT2D eigenvalue weighted by atomic mass is 16.5. The third-order valence-electron chi connectivity index (χ3n) is 3.56. The Morgan fingerprint density at radius 1 is 0.952 bits per heavy atom. The van der Waals surface area contributed by atoms with Gasteiger partial charge in [-0.05, 0) is 28.5 Å². The SMILES string of the molecule is COc1c(CC=Cc2ccccc2)cccc1C(C)(C)C. The maximum Gasteiger partial charge on any atom is 0.126 e. The molecular weight excluding hydrogens is 256 g/mol. The second kappa shape index (κ2) is 6.62. The van der Waals surface area contributed by atoms with Gasteiger partial charge in [0.15, 0.2) is 0 Å². The molecular formula is C20H24O. The summed E-state index contributed by atoms with van der Waals surface area (Å²) in [6, 6.07) is 16.8. The Kier molecular flexibility index (Phi) is 4.85. The Bertz CT molecular complexity index is 603. The lowest BCUT2D eigenvalue weighted by Crippen LogP contribution is -2.13. The van der Waals surface area contributed by atoms with E-state index in [4.69, 9.17) is 4.74 Å². The third kappa shape index (κ3) is 3.98. The fraction of sp³-hybridized carbons (Fsp3) is 0.300. The van der Waals surface area contributed by atoms with Crippen molar-refractivity contribution in [2.24, 2.45) is 0 Å². The molecule has 0 bridgehead atoms. The molecule has 0 aliphatic carbocycles. The van der Waals surface area contributed by atoms with Crippen molar-refractivity contribution in [2.45, 2.75) is 32.6 Å². The van der Waals surface area contributed by atoms with Crippen molar-refractivity contribution in [1.82, 2.24) is 0 Å². The molecule has 0 unspecified atom stereocenters. The first-order chi connectivity index (χ1) is 10.0. The van der Waals surface area contributed by atoms with Crippen LogP contribution in [0, 0.1) is 0 Å². The molecule has 0 aromatic heterocycles. The highest BCUT2D eigenvalue weighted by Gasteiger charge is 2.20. The Hall–Kier alpha value is -2.02. The van der Waals surface area contributed by atoms with E-state index in [1.54, 1.807) is 7.11 Å². The summed E-state index contributed by atoms with van der Waals surface area (Å²) in [5, 5.41) is 0. The number of rotatable bonds is 4. The molecule has 2 aromatic carbocycles. The number of methoxy groups -OCH3 is 1. The van der Waals surface area contributed by atoms with Gasteiger partial charge in [-0.2, -0.15) is 0 Å². The smallest absolute Gasteiger partial charge is 0.126 e. The summed E-state index contributed by atoms with van der Waals surface area (Å²) < 4.78 is 5.67. The zero-order chi connectivity index (χ0) is 15.3. The lowest BCUT2D eigenvalue weighted by Gasteiger charge is -2.23. The van der Waals surface area contributed by atoms with Crippen LogP contribution in [0.25, 0.3) is 6.08 Å². The Morgan fingerprint density at radius 3 is 2.29 bits per heavy atom. The highest BCUT2D eigenvalue weighted by molar-refractivity contribution is 5.51. The summed E-state index contributed by atoms with van der Waals surface area (Å²) >= 11 is 0. The average Bonchev–Trinajstić information content (AvgIpc) is 2.47. The van der Waals surface area contributed by atoms with Crippen LogP contribution in [0.5, 0.6) is 5.75 Å². The van der Waals surface area contributed by atoms with E-state index < -0.39 is 0 Å². The van der Waals surface area contributed by atoms with E-state index in [0.717, 1.165) is 12.2 Å². The minimum absolute atomic E-state index is 0.0878. The first-order valence-corrected chi connectivity index (χ1v) is 7.40. The van der Waals surface area contributed by atoms with Gasteiger partial charge in [-0.25, -0.2) is 0 Å². The summed E-state index contributed by atoms with van der Waals surface area (Å²) in [5.41, 5.74) is 3.81. The molecule has 0 amide bonds. The summed E-state index contributed by atoms with van der Waals surface area (Å²) in [6.45, 7) is 6.65. The predicted molar refractivity (Wildman–Crippen MR) is 90.9 cm³/mol. The largest absolute Gasteiger partial charge is 0.496 e. The fourth-order valence-corrected chi connectivity index (χ4v) is 2.46. The van der Waals surface area contributed by atoms with Crippen LogP contribution in [0.15, 0.2) is 54.6 Å². The second-order valence-electron chi connectivity index (χ2n) is 6.27. The Morgan fingerprint density at radius 2 is 1.67 bits per heavy atom. The van der Waals surface area contributed by atoms with Crippen molar-refractivity contribution in [1.29, 1.82) is 0 Å². The van der Waals surface area contributed by atoms with E-state index in [9.17, 15) is 0 Å². The Balaban J connectivity index is 2.23. The van der Waals surface area contributed by atoms with Crippen molar-refractivity contribution >= 4 is 6.08 Å². The molecule has 0 atom stereocenters. The summed E-state index contributed by atoms with van der Waals surface area (Å²) in [5.74, 6) is 1.02. The number of benzene rings is 2. The van der Waals surface area contributed by atoms with Gasteiger partial charge in [0, 0.05) is 0 Å². The van der Waals surface area contributed by atoms with Gasteiger partial charge in [0.05, 0.1) is 7.11 Å². The van der Waals surface area contributed by atoms with Crippen LogP contribution < -0.4 is 4.74 Å². The molecule has 110 valence electrons. The molecule has 0 saturated heterocycles. The molecule has 0 spiro atoms. The van der Waals surface area contributed by atoms with Crippen LogP contribution in [0.4, 0.5) is 0 Å². The van der Waals surface area contributed by atoms with Crippen molar-refractivity contribution in [3.8, 4) is 5.75 Å². The van der Waals surface area contributed by atoms with Crippen LogP contribution >= 0.6 is 0 Å². The van der Waals surface area contributed by atoms with Crippen molar-refractivity contribution in [3.05, 3.63) is 71.3 Å². The minimum Gasteiger partial charge on any atom is -0.496 e. The van der Waals surface area contributed by atoms with E-state index in [1.165, 1.54) is 16.7 Å². The van der Waals surface area contributed by atoms with E-state index in [2.05, 4.69) is 75.4 Å². The van der Waals surface area contributed by atoms with Gasteiger partial charge in [0.1, 0.15) is 5.75 Å². The molecule has 0 heterocycles. The van der Waals surface area contributed by atoms with Crippen molar-refractivity contribution in [3.63, 3.8) is 0 Å². The molecule has 1 nitrogen and oxygen atoms in total. The van der Waals surface area contributed by atoms with Gasteiger partial charge in [-0.15, -0.1) is 0 Å². The molecule has 0 aliphatic heterocycles. The number of hydrogen-bond donors (Lipinski definition) is 0. The lowest BCUT2D eigenvalue weighted by atomic mass is 9.85. The number of allylic oxidation sites excluding steroid dienone is 1. The molecule has 0 fully saturated rings. The molecule has 0 N–H and O–H groups in total. The van der Waals surface area contributed by atoms with E-state index >= 15 is 0 Å². The second-order valence-corrected chi connectivity index (χ2v) is 6.27. The lowest BCUT2D eigenvalue weighted by molar-refractivity contribution is 0.393. The Labute approximate surface area is 128 Å². The molecule has 0 saturated carbocycles. The standard InChI is InChI=1S/C20H24O/c1-20(2,3)18-15-9-14-17(19(18)21-4)13-8-12-16-10-6-5-7-11-16/h5-12,14-15H,13H2,1-4H3. The first-order valence-electron chi connectivity index (χ1n) is 7.40. The normalized spacial score (nSPS) is 11.8. The van der Waals surface area contributed by atoms with Gasteiger partial charge in [0.25, 0.3) is 0 Å². The van der Waals surface area contributed by atoms with E-state index in [0.29, 0.717) is 0 Å². The zero-order valence-corrected chi connectivity index (χ0v) is 13.4. The quantitative estimate of drug-likeness (QED) is 0.743. The van der Waals surface area contributed by atoms with Crippen molar-refractivity contribution in [2.75, 3.05) is 7.11 Å². The maximum atomic E-state index is 5.67. The predicted octanol–water partition coefficient (Wildman–Crippen LogP) is 5.25. The molecule has 0 radical (unpaired) electrons. The number of ether oxygens (including phenoxy) is 1. The van der Waals surface area contributed by atoms with Gasteiger partial charge in [-0.1, -0.05) is 81.5 Å². The highest BCUT2D eigenvalue weighted by Crippen LogP contribution is 2.34. The number of para-hydroxylation sites is 1. The maximum absolute atomic E-state index is 5.67. The molecule has 1 heteroatoms. The average molecular weight is 280 g/mol. The van der Waals surface area contributed by atoms with E-state index in [1.807, 2.05) is 6.07 Å². The molecule has 2 aromatic rings. The topological polar surface area (TPSA) is 9.23 Å². The summed E-state index contributed by atoms with van der Waals surface area (Å²) in [7, 11) is 1.76. The molecule has 2 rings (SSSR count).